The molecule has 2 aromatic heterocycles. The van der Waals surface area contributed by atoms with Gasteiger partial charge in [-0.1, -0.05) is 0 Å². The van der Waals surface area contributed by atoms with Gasteiger partial charge < -0.3 is 10.1 Å². The van der Waals surface area contributed by atoms with Crippen molar-refractivity contribution in [3.05, 3.63) is 41.3 Å². The van der Waals surface area contributed by atoms with Crippen LogP contribution in [0.15, 0.2) is 24.5 Å². The van der Waals surface area contributed by atoms with Gasteiger partial charge in [-0.15, -0.1) is 0 Å². The van der Waals surface area contributed by atoms with Crippen LogP contribution in [-0.2, 0) is 15.7 Å². The van der Waals surface area contributed by atoms with Crippen molar-refractivity contribution >= 4 is 11.9 Å². The van der Waals surface area contributed by atoms with E-state index in [0.29, 0.717) is 11.9 Å². The van der Waals surface area contributed by atoms with Crippen molar-refractivity contribution in [1.82, 2.24) is 20.1 Å². The van der Waals surface area contributed by atoms with E-state index >= 15 is 0 Å². The molecule has 27 heavy (non-hydrogen) atoms. The molecule has 0 saturated carbocycles. The maximum atomic E-state index is 12.6. The Bertz CT molecular complexity index is 829. The smallest absolute Gasteiger partial charge is 0.417 e. The number of nitrogens with one attached hydrogen (secondary N) is 1. The average molecular weight is 384 g/mol. The summed E-state index contributed by atoms with van der Waals surface area (Å²) in [5, 5.41) is 6.59. The van der Waals surface area contributed by atoms with E-state index < -0.39 is 29.7 Å². The lowest BCUT2D eigenvalue weighted by Crippen LogP contribution is -2.39. The number of hydrogen-bond donors (Lipinski definition) is 1. The van der Waals surface area contributed by atoms with E-state index in [1.807, 2.05) is 0 Å². The van der Waals surface area contributed by atoms with E-state index in [4.69, 9.17) is 4.74 Å². The van der Waals surface area contributed by atoms with Gasteiger partial charge in [-0.05, 0) is 39.8 Å². The summed E-state index contributed by atoms with van der Waals surface area (Å²) in [7, 11) is 0. The van der Waals surface area contributed by atoms with Crippen molar-refractivity contribution in [1.29, 1.82) is 0 Å². The van der Waals surface area contributed by atoms with Gasteiger partial charge in [0.15, 0.2) is 11.9 Å². The van der Waals surface area contributed by atoms with Gasteiger partial charge in [0.1, 0.15) is 5.56 Å². The predicted molar refractivity (Wildman–Crippen MR) is 89.3 cm³/mol. The van der Waals surface area contributed by atoms with Crippen LogP contribution in [0.4, 0.5) is 13.2 Å². The number of aromatic nitrogens is 3. The molecule has 2 aromatic rings. The number of carbonyl (C=O) groups is 2. The Morgan fingerprint density at radius 2 is 1.85 bits per heavy atom. The third-order valence-corrected chi connectivity index (χ3v) is 3.61. The summed E-state index contributed by atoms with van der Waals surface area (Å²) < 4.78 is 44.2. The number of hydrogen-bond acceptors (Lipinski definition) is 5. The second kappa shape index (κ2) is 7.77. The highest BCUT2D eigenvalue weighted by Gasteiger charge is 2.31. The monoisotopic (exact) mass is 384 g/mol. The Balaban J connectivity index is 2.17. The standard InChI is InChI=1S/C17H19F3N4O3/c1-9(2)23-15(25)11(4)27-16(26)13-8-22-24(10(13)3)14-6-5-12(7-21-14)17(18,19)20/h5-9,11H,1-4H3,(H,23,25). The number of esters is 1. The molecule has 2 rings (SSSR count). The van der Waals surface area contributed by atoms with E-state index in [2.05, 4.69) is 15.4 Å². The van der Waals surface area contributed by atoms with E-state index in [0.717, 1.165) is 12.1 Å². The predicted octanol–water partition coefficient (Wildman–Crippen LogP) is 2.66. The summed E-state index contributed by atoms with van der Waals surface area (Å²) in [6.45, 7) is 6.53. The highest BCUT2D eigenvalue weighted by Crippen LogP contribution is 2.28. The Morgan fingerprint density at radius 3 is 2.37 bits per heavy atom. The third-order valence-electron chi connectivity index (χ3n) is 3.61. The van der Waals surface area contributed by atoms with E-state index in [-0.39, 0.29) is 17.4 Å². The molecule has 0 aliphatic heterocycles. The van der Waals surface area contributed by atoms with Crippen LogP contribution in [0.2, 0.25) is 0 Å². The van der Waals surface area contributed by atoms with Gasteiger partial charge >= 0.3 is 12.1 Å². The molecule has 7 nitrogen and oxygen atoms in total. The molecule has 10 heteroatoms. The number of rotatable bonds is 5. The molecule has 0 saturated heterocycles. The maximum absolute atomic E-state index is 12.6. The summed E-state index contributed by atoms with van der Waals surface area (Å²) in [5.74, 6) is -1.09. The first kappa shape index (κ1) is 20.4. The number of nitrogens with zero attached hydrogens (tertiary/aromatic N) is 3. The van der Waals surface area contributed by atoms with Crippen LogP contribution in [0.3, 0.4) is 0 Å². The van der Waals surface area contributed by atoms with E-state index in [9.17, 15) is 22.8 Å². The number of ether oxygens (including phenoxy) is 1. The third kappa shape index (κ3) is 4.83. The summed E-state index contributed by atoms with van der Waals surface area (Å²) in [6, 6.07) is 1.92. The van der Waals surface area contributed by atoms with Crippen molar-refractivity contribution in [2.45, 2.75) is 46.0 Å². The molecule has 0 aliphatic rings. The molecule has 2 heterocycles. The van der Waals surface area contributed by atoms with Gasteiger partial charge in [0, 0.05) is 12.2 Å². The van der Waals surface area contributed by atoms with Crippen LogP contribution >= 0.6 is 0 Å². The Morgan fingerprint density at radius 1 is 1.19 bits per heavy atom. The zero-order valence-corrected chi connectivity index (χ0v) is 15.2. The molecule has 146 valence electrons. The van der Waals surface area contributed by atoms with Crippen LogP contribution in [0.1, 0.15) is 42.4 Å². The summed E-state index contributed by atoms with van der Waals surface area (Å²) in [4.78, 5) is 27.8. The Kier molecular flexibility index (Phi) is 5.87. The summed E-state index contributed by atoms with van der Waals surface area (Å²) in [5.41, 5.74) is -0.481. The summed E-state index contributed by atoms with van der Waals surface area (Å²) in [6.07, 6.45) is -3.60. The molecule has 1 unspecified atom stereocenters. The molecule has 1 amide bonds. The lowest BCUT2D eigenvalue weighted by molar-refractivity contribution is -0.137. The molecule has 0 fully saturated rings. The van der Waals surface area contributed by atoms with Gasteiger partial charge in [0.25, 0.3) is 5.91 Å². The lowest BCUT2D eigenvalue weighted by atomic mass is 10.2. The number of amides is 1. The van der Waals surface area contributed by atoms with Gasteiger partial charge in [-0.25, -0.2) is 14.5 Å². The lowest BCUT2D eigenvalue weighted by Gasteiger charge is -2.15. The van der Waals surface area contributed by atoms with Gasteiger partial charge in [-0.2, -0.15) is 18.3 Å². The number of carbonyl (C=O) groups excluding carboxylic acids is 2. The molecular weight excluding hydrogens is 365 g/mol. The minimum Gasteiger partial charge on any atom is -0.449 e. The average Bonchev–Trinajstić information content (AvgIpc) is 2.95. The molecule has 0 aromatic carbocycles. The molecule has 0 bridgehead atoms. The molecular formula is C17H19F3N4O3. The second-order valence-corrected chi connectivity index (χ2v) is 6.17. The zero-order chi connectivity index (χ0) is 20.4. The Labute approximate surface area is 153 Å². The fraction of sp³-hybridized carbons (Fsp3) is 0.412. The minimum atomic E-state index is -4.49. The molecule has 1 N–H and O–H groups in total. The highest BCUT2D eigenvalue weighted by atomic mass is 19.4. The van der Waals surface area contributed by atoms with E-state index in [1.54, 1.807) is 20.8 Å². The minimum absolute atomic E-state index is 0.0842. The van der Waals surface area contributed by atoms with Crippen molar-refractivity contribution in [2.24, 2.45) is 0 Å². The van der Waals surface area contributed by atoms with E-state index in [1.165, 1.54) is 17.8 Å². The molecule has 1 atom stereocenters. The summed E-state index contributed by atoms with van der Waals surface area (Å²) >= 11 is 0. The number of halogens is 3. The van der Waals surface area contributed by atoms with Crippen molar-refractivity contribution in [2.75, 3.05) is 0 Å². The first-order chi connectivity index (χ1) is 12.5. The molecule has 0 spiro atoms. The fourth-order valence-electron chi connectivity index (χ4n) is 2.20. The maximum Gasteiger partial charge on any atom is 0.417 e. The van der Waals surface area contributed by atoms with Gasteiger partial charge in [-0.3, -0.25) is 4.79 Å². The first-order valence-corrected chi connectivity index (χ1v) is 8.10. The van der Waals surface area contributed by atoms with Crippen molar-refractivity contribution < 1.29 is 27.5 Å². The van der Waals surface area contributed by atoms with Crippen molar-refractivity contribution in [3.63, 3.8) is 0 Å². The second-order valence-electron chi connectivity index (χ2n) is 6.17. The first-order valence-electron chi connectivity index (χ1n) is 8.10. The zero-order valence-electron chi connectivity index (χ0n) is 15.2. The quantitative estimate of drug-likeness (QED) is 0.801. The molecule has 0 radical (unpaired) electrons. The number of alkyl halides is 3. The van der Waals surface area contributed by atoms with Crippen LogP contribution in [0.25, 0.3) is 5.82 Å². The van der Waals surface area contributed by atoms with Crippen molar-refractivity contribution in [3.8, 4) is 5.82 Å². The molecule has 0 aliphatic carbocycles. The van der Waals surface area contributed by atoms with Gasteiger partial charge in [0.2, 0.25) is 0 Å². The largest absolute Gasteiger partial charge is 0.449 e. The van der Waals surface area contributed by atoms with Crippen LogP contribution in [0.5, 0.6) is 0 Å². The number of pyridine rings is 1. The van der Waals surface area contributed by atoms with Crippen LogP contribution < -0.4 is 5.32 Å². The SMILES string of the molecule is Cc1c(C(=O)OC(C)C(=O)NC(C)C)cnn1-c1ccc(C(F)(F)F)cn1. The normalized spacial score (nSPS) is 12.7. The van der Waals surface area contributed by atoms with Crippen LogP contribution in [-0.4, -0.2) is 38.8 Å². The Hall–Kier alpha value is -2.91. The van der Waals surface area contributed by atoms with Crippen LogP contribution in [0, 0.1) is 6.92 Å². The topological polar surface area (TPSA) is 86.1 Å². The van der Waals surface area contributed by atoms with Gasteiger partial charge in [0.05, 0.1) is 17.5 Å². The highest BCUT2D eigenvalue weighted by molar-refractivity contribution is 5.93. The fourth-order valence-corrected chi connectivity index (χ4v) is 2.20.